The van der Waals surface area contributed by atoms with Crippen LogP contribution in [0.1, 0.15) is 125 Å². The number of benzene rings is 1. The Labute approximate surface area is 450 Å². The first-order valence-electron chi connectivity index (χ1n) is 27.3. The van der Waals surface area contributed by atoms with Gasteiger partial charge in [-0.25, -0.2) is 4.79 Å². The topological polar surface area (TPSA) is 231 Å². The van der Waals surface area contributed by atoms with E-state index in [0.717, 1.165) is 4.90 Å². The average molecular weight is 1070 g/mol. The fourth-order valence-corrected chi connectivity index (χ4v) is 10.8. The molecule has 0 radical (unpaired) electrons. The van der Waals surface area contributed by atoms with Crippen molar-refractivity contribution >= 4 is 47.3 Å². The van der Waals surface area contributed by atoms with E-state index in [1.54, 1.807) is 48.9 Å². The van der Waals surface area contributed by atoms with Crippen LogP contribution in [0.5, 0.6) is 0 Å². The molecule has 2 aliphatic heterocycles. The number of carbonyl (C=O) groups is 8. The summed E-state index contributed by atoms with van der Waals surface area (Å²) in [5, 5.41) is 16.5. The molecule has 0 bridgehead atoms. The maximum absolute atomic E-state index is 14.8. The summed E-state index contributed by atoms with van der Waals surface area (Å²) in [6.45, 7) is 15.5. The van der Waals surface area contributed by atoms with Gasteiger partial charge in [0.15, 0.2) is 5.78 Å². The summed E-state index contributed by atoms with van der Waals surface area (Å²) in [6, 6.07) is 6.70. The zero-order chi connectivity index (χ0) is 56.4. The fourth-order valence-electron chi connectivity index (χ4n) is 10.8. The molecule has 424 valence electrons. The minimum absolute atomic E-state index is 0.0392. The molecule has 19 heteroatoms. The van der Waals surface area contributed by atoms with Crippen molar-refractivity contribution in [3.05, 3.63) is 60.2 Å². The molecule has 76 heavy (non-hydrogen) atoms. The molecule has 1 aromatic carbocycles. The van der Waals surface area contributed by atoms with Crippen molar-refractivity contribution in [3.8, 4) is 0 Å². The first kappa shape index (κ1) is 63.0. The maximum Gasteiger partial charge on any atom is 0.410 e. The van der Waals surface area contributed by atoms with Crippen LogP contribution in [0.4, 0.5) is 4.79 Å². The Kier molecular flexibility index (Phi) is 25.2. The summed E-state index contributed by atoms with van der Waals surface area (Å²) >= 11 is 0. The van der Waals surface area contributed by atoms with Gasteiger partial charge < -0.3 is 49.4 Å². The van der Waals surface area contributed by atoms with Crippen LogP contribution < -0.4 is 10.6 Å². The lowest BCUT2D eigenvalue weighted by molar-refractivity contribution is -0.149. The quantitative estimate of drug-likeness (QED) is 0.0707. The summed E-state index contributed by atoms with van der Waals surface area (Å²) in [4.78, 5) is 113. The van der Waals surface area contributed by atoms with E-state index in [0.29, 0.717) is 57.1 Å². The van der Waals surface area contributed by atoms with E-state index in [4.69, 9.17) is 18.9 Å². The number of likely N-dealkylation sites (tertiary alicyclic amines) is 1. The molecule has 1 aromatic rings. The molecule has 1 fully saturated rings. The summed E-state index contributed by atoms with van der Waals surface area (Å²) < 4.78 is 23.8. The van der Waals surface area contributed by atoms with Crippen LogP contribution in [-0.4, -0.2) is 175 Å². The lowest BCUT2D eigenvalue weighted by Gasteiger charge is -2.41. The van der Waals surface area contributed by atoms with E-state index < -0.39 is 78.3 Å². The molecule has 1 saturated heterocycles. The lowest BCUT2D eigenvalue weighted by Crippen LogP contribution is -2.55. The van der Waals surface area contributed by atoms with E-state index in [2.05, 4.69) is 10.6 Å². The number of imide groups is 1. The average Bonchev–Trinajstić information content (AvgIpc) is 4.00. The Balaban J connectivity index is 1.36. The SMILES string of the molecule is CC[C@H](C)[C@@H]([C@@H](CC(=O)N1CCC[C@H]1[C@H](OC)[C@@H](C)C(=O)N[C@H](C)[C@@H](O)c1ccccc1)OC)N(C)C(=O)[C@@H](CC(=O)[C@H](C(C)C)N(C)C(=O)OC1/C=C/CC(OCC(=O)NCCN2C(=O)C=CC2=O)CCC1)C(C)C. The van der Waals surface area contributed by atoms with E-state index in [-0.39, 0.29) is 85.8 Å². The molecule has 4 rings (SSSR count). The number of likely N-dealkylation sites (N-methyl/N-ethyl adjacent to an activating group) is 2. The first-order valence-corrected chi connectivity index (χ1v) is 27.3. The van der Waals surface area contributed by atoms with Crippen molar-refractivity contribution in [2.45, 2.75) is 168 Å². The van der Waals surface area contributed by atoms with Crippen molar-refractivity contribution < 1.29 is 62.4 Å². The van der Waals surface area contributed by atoms with Gasteiger partial charge in [0, 0.05) is 72.4 Å². The number of rotatable bonds is 28. The van der Waals surface area contributed by atoms with Gasteiger partial charge in [-0.3, -0.25) is 38.5 Å². The number of amides is 7. The van der Waals surface area contributed by atoms with E-state index in [1.807, 2.05) is 65.8 Å². The van der Waals surface area contributed by atoms with Crippen molar-refractivity contribution in [3.63, 3.8) is 0 Å². The molecule has 0 saturated carbocycles. The number of aliphatic hydroxyl groups excluding tert-OH is 1. The van der Waals surface area contributed by atoms with Gasteiger partial charge >= 0.3 is 6.09 Å². The lowest BCUT2D eigenvalue weighted by atomic mass is 9.83. The van der Waals surface area contributed by atoms with Crippen LogP contribution in [0, 0.1) is 29.6 Å². The third-order valence-electron chi connectivity index (χ3n) is 15.5. The Morgan fingerprint density at radius 1 is 0.842 bits per heavy atom. The summed E-state index contributed by atoms with van der Waals surface area (Å²) in [7, 11) is 6.31. The molecule has 2 unspecified atom stereocenters. The van der Waals surface area contributed by atoms with E-state index in [9.17, 15) is 43.5 Å². The zero-order valence-corrected chi connectivity index (χ0v) is 47.1. The third-order valence-corrected chi connectivity index (χ3v) is 15.5. The van der Waals surface area contributed by atoms with Gasteiger partial charge in [-0.2, -0.15) is 0 Å². The Hall–Kier alpha value is -5.50. The van der Waals surface area contributed by atoms with Gasteiger partial charge in [-0.05, 0) is 74.8 Å². The highest BCUT2D eigenvalue weighted by Gasteiger charge is 2.44. The summed E-state index contributed by atoms with van der Waals surface area (Å²) in [6.07, 6.45) is 6.31. The molecule has 12 atom stereocenters. The highest BCUT2D eigenvalue weighted by Crippen LogP contribution is 2.32. The number of ketones is 1. The van der Waals surface area contributed by atoms with Crippen molar-refractivity contribution in [2.24, 2.45) is 29.6 Å². The van der Waals surface area contributed by atoms with Crippen LogP contribution >= 0.6 is 0 Å². The largest absolute Gasteiger partial charge is 0.442 e. The van der Waals surface area contributed by atoms with Crippen LogP contribution in [-0.2, 0) is 52.5 Å². The monoisotopic (exact) mass is 1060 g/mol. The van der Waals surface area contributed by atoms with Crippen LogP contribution in [0.25, 0.3) is 0 Å². The second-order valence-corrected chi connectivity index (χ2v) is 21.5. The van der Waals surface area contributed by atoms with Gasteiger partial charge in [0.05, 0.1) is 60.9 Å². The fraction of sp³-hybridized carbons (Fsp3) is 0.684. The van der Waals surface area contributed by atoms with Gasteiger partial charge in [-0.15, -0.1) is 0 Å². The molecular weight excluding hydrogens is 977 g/mol. The Morgan fingerprint density at radius 2 is 1.51 bits per heavy atom. The number of hydrogen-bond donors (Lipinski definition) is 3. The third kappa shape index (κ3) is 17.3. The van der Waals surface area contributed by atoms with Crippen molar-refractivity contribution in [2.75, 3.05) is 54.6 Å². The van der Waals surface area contributed by atoms with Gasteiger partial charge in [-0.1, -0.05) is 91.3 Å². The minimum atomic E-state index is -0.915. The normalized spacial score (nSPS) is 21.9. The Morgan fingerprint density at radius 3 is 2.12 bits per heavy atom. The highest BCUT2D eigenvalue weighted by molar-refractivity contribution is 6.12. The zero-order valence-electron chi connectivity index (χ0n) is 47.1. The molecule has 1 aliphatic carbocycles. The summed E-state index contributed by atoms with van der Waals surface area (Å²) in [5.74, 6) is -4.33. The predicted octanol–water partition coefficient (Wildman–Crippen LogP) is 5.39. The molecule has 0 aromatic heterocycles. The first-order chi connectivity index (χ1) is 36.1. The number of nitrogens with one attached hydrogen (secondary N) is 2. The van der Waals surface area contributed by atoms with E-state index >= 15 is 0 Å². The standard InChI is InChI=1S/C57H88N6O13/c1-13-37(6)52(46(73-11)33-50(68)62-30-19-26-44(62)54(74-12)38(7)55(70)59-39(8)53(69)40-20-15-14-16-21-40)60(9)56(71)43(35(2)3)32-45(64)51(36(4)5)61(10)57(72)76-42-24-17-22-41(23-18-25-42)75-34-47(65)58-29-31-63-48(66)27-28-49(63)67/h14-17,20-21,24,27-28,35-39,41-44,46,51-54,69H,13,18-19,22-23,25-26,29-34H2,1-12H3,(H,58,65)(H,59,70)/b24-17+/t37-,38+,39+,41?,42?,43-,44-,46+,51-,52-,53+,54+/m0/s1. The number of hydrogen-bond acceptors (Lipinski definition) is 13. The van der Waals surface area contributed by atoms with Crippen LogP contribution in [0.2, 0.25) is 0 Å². The van der Waals surface area contributed by atoms with Crippen LogP contribution in [0.3, 0.4) is 0 Å². The molecule has 3 N–H and O–H groups in total. The smallest absolute Gasteiger partial charge is 0.410 e. The molecule has 19 nitrogen and oxygen atoms in total. The second kappa shape index (κ2) is 30.4. The van der Waals surface area contributed by atoms with Gasteiger partial charge in [0.25, 0.3) is 11.8 Å². The van der Waals surface area contributed by atoms with Gasteiger partial charge in [0.1, 0.15) is 12.7 Å². The predicted molar refractivity (Wildman–Crippen MR) is 286 cm³/mol. The molecular formula is C57H88N6O13. The van der Waals surface area contributed by atoms with E-state index in [1.165, 1.54) is 38.3 Å². The molecule has 3 aliphatic rings. The van der Waals surface area contributed by atoms with Gasteiger partial charge in [0.2, 0.25) is 23.6 Å². The highest BCUT2D eigenvalue weighted by atomic mass is 16.6. The number of ether oxygens (including phenoxy) is 4. The number of methoxy groups -OCH3 is 2. The summed E-state index contributed by atoms with van der Waals surface area (Å²) in [5.41, 5.74) is 0.684. The second-order valence-electron chi connectivity index (χ2n) is 21.5. The minimum Gasteiger partial charge on any atom is -0.442 e. The van der Waals surface area contributed by atoms with Crippen molar-refractivity contribution in [1.82, 2.24) is 30.2 Å². The maximum atomic E-state index is 14.8. The number of aliphatic hydroxyl groups is 1. The number of carbonyl (C=O) groups excluding carboxylic acids is 8. The molecule has 0 spiro atoms. The molecule has 7 amide bonds. The Bertz CT molecular complexity index is 2150. The number of Topliss-reactive ketones (excluding diaryl/α,β-unsaturated/α-hetero) is 1. The molecule has 2 heterocycles. The number of nitrogens with zero attached hydrogens (tertiary/aromatic N) is 4. The van der Waals surface area contributed by atoms with Crippen LogP contribution in [0.15, 0.2) is 54.6 Å². The van der Waals surface area contributed by atoms with Crippen molar-refractivity contribution in [1.29, 1.82) is 0 Å².